The standard InChI is InChI=1S/C13H14F6N2O2/c1-2-23-11(22)9(20)5-6-3-7(12(14,15)16)10(21)8(4-6)13(17,18)19/h3-4,9H,2,5,20-21H2,1H3/t9-/m1/s1. The van der Waals surface area contributed by atoms with E-state index >= 15 is 0 Å². The lowest BCUT2D eigenvalue weighted by Gasteiger charge is -2.19. The Bertz CT molecular complexity index is 548. The average Bonchev–Trinajstić information content (AvgIpc) is 2.38. The van der Waals surface area contributed by atoms with Crippen molar-refractivity contribution in [1.29, 1.82) is 0 Å². The van der Waals surface area contributed by atoms with Crippen molar-refractivity contribution in [3.05, 3.63) is 28.8 Å². The van der Waals surface area contributed by atoms with Gasteiger partial charge in [-0.3, -0.25) is 4.79 Å². The van der Waals surface area contributed by atoms with Crippen LogP contribution in [0.25, 0.3) is 0 Å². The minimum Gasteiger partial charge on any atom is -0.465 e. The molecule has 1 aromatic rings. The Morgan fingerprint density at radius 1 is 1.13 bits per heavy atom. The summed E-state index contributed by atoms with van der Waals surface area (Å²) in [6, 6.07) is -0.492. The van der Waals surface area contributed by atoms with E-state index in [9.17, 15) is 31.1 Å². The van der Waals surface area contributed by atoms with Crippen LogP contribution in [0, 0.1) is 0 Å². The molecule has 0 saturated carbocycles. The van der Waals surface area contributed by atoms with Gasteiger partial charge in [0.1, 0.15) is 6.04 Å². The van der Waals surface area contributed by atoms with Crippen LogP contribution in [-0.2, 0) is 28.3 Å². The predicted octanol–water partition coefficient (Wildman–Crippen LogP) is 2.74. The molecule has 1 rings (SSSR count). The number of ether oxygens (including phenoxy) is 1. The molecule has 0 bridgehead atoms. The number of nitrogen functional groups attached to an aromatic ring is 1. The summed E-state index contributed by atoms with van der Waals surface area (Å²) < 4.78 is 81.6. The molecule has 0 spiro atoms. The van der Waals surface area contributed by atoms with Crippen molar-refractivity contribution in [2.24, 2.45) is 5.73 Å². The Kier molecular flexibility index (Phi) is 5.51. The summed E-state index contributed by atoms with van der Waals surface area (Å²) in [6.07, 6.45) is -10.7. The van der Waals surface area contributed by atoms with Crippen molar-refractivity contribution >= 4 is 11.7 Å². The molecule has 0 amide bonds. The van der Waals surface area contributed by atoms with Crippen LogP contribution in [0.4, 0.5) is 32.0 Å². The van der Waals surface area contributed by atoms with Gasteiger partial charge in [0.25, 0.3) is 0 Å². The van der Waals surface area contributed by atoms with E-state index in [0.29, 0.717) is 12.1 Å². The maximum absolute atomic E-state index is 12.8. The number of anilines is 1. The third-order valence-corrected chi connectivity index (χ3v) is 2.90. The van der Waals surface area contributed by atoms with Gasteiger partial charge < -0.3 is 16.2 Å². The van der Waals surface area contributed by atoms with Gasteiger partial charge in [-0.1, -0.05) is 0 Å². The van der Waals surface area contributed by atoms with Crippen LogP contribution in [0.3, 0.4) is 0 Å². The van der Waals surface area contributed by atoms with Crippen LogP contribution < -0.4 is 11.5 Å². The van der Waals surface area contributed by atoms with E-state index in [0.717, 1.165) is 0 Å². The molecule has 0 unspecified atom stereocenters. The highest BCUT2D eigenvalue weighted by Crippen LogP contribution is 2.42. The van der Waals surface area contributed by atoms with Crippen molar-refractivity contribution in [1.82, 2.24) is 0 Å². The van der Waals surface area contributed by atoms with Crippen LogP contribution in [0.2, 0.25) is 0 Å². The quantitative estimate of drug-likeness (QED) is 0.500. The second-order valence-corrected chi connectivity index (χ2v) is 4.66. The van der Waals surface area contributed by atoms with Gasteiger partial charge in [-0.15, -0.1) is 0 Å². The van der Waals surface area contributed by atoms with Gasteiger partial charge in [-0.05, 0) is 31.0 Å². The molecule has 130 valence electrons. The lowest BCUT2D eigenvalue weighted by atomic mass is 9.97. The Balaban J connectivity index is 3.31. The molecule has 0 fully saturated rings. The van der Waals surface area contributed by atoms with E-state index in [2.05, 4.69) is 4.74 Å². The second-order valence-electron chi connectivity index (χ2n) is 4.66. The first kappa shape index (κ1) is 19.1. The second kappa shape index (κ2) is 6.65. The molecule has 1 aromatic carbocycles. The molecule has 4 N–H and O–H groups in total. The van der Waals surface area contributed by atoms with Gasteiger partial charge >= 0.3 is 18.3 Å². The zero-order valence-corrected chi connectivity index (χ0v) is 11.9. The van der Waals surface area contributed by atoms with Crippen LogP contribution in [-0.4, -0.2) is 18.6 Å². The smallest absolute Gasteiger partial charge is 0.418 e. The highest BCUT2D eigenvalue weighted by Gasteiger charge is 2.40. The molecule has 4 nitrogen and oxygen atoms in total. The largest absolute Gasteiger partial charge is 0.465 e. The summed E-state index contributed by atoms with van der Waals surface area (Å²) in [5.74, 6) is -0.925. The third kappa shape index (κ3) is 4.75. The molecule has 1 atom stereocenters. The number of carbonyl (C=O) groups excluding carboxylic acids is 1. The molecule has 0 saturated heterocycles. The molecular weight excluding hydrogens is 330 g/mol. The molecule has 0 aliphatic carbocycles. The highest BCUT2D eigenvalue weighted by atomic mass is 19.4. The van der Waals surface area contributed by atoms with Crippen LogP contribution in [0.15, 0.2) is 12.1 Å². The maximum Gasteiger partial charge on any atom is 0.418 e. The Labute approximate surface area is 127 Å². The van der Waals surface area contributed by atoms with E-state index in [1.165, 1.54) is 6.92 Å². The number of hydrogen-bond donors (Lipinski definition) is 2. The van der Waals surface area contributed by atoms with Crippen LogP contribution >= 0.6 is 0 Å². The highest BCUT2D eigenvalue weighted by molar-refractivity contribution is 5.76. The van der Waals surface area contributed by atoms with Crippen molar-refractivity contribution in [2.45, 2.75) is 31.7 Å². The number of hydrogen-bond acceptors (Lipinski definition) is 4. The number of halogens is 6. The fourth-order valence-electron chi connectivity index (χ4n) is 1.89. The fraction of sp³-hybridized carbons (Fsp3) is 0.462. The van der Waals surface area contributed by atoms with Crippen molar-refractivity contribution in [2.75, 3.05) is 12.3 Å². The van der Waals surface area contributed by atoms with E-state index in [4.69, 9.17) is 11.5 Å². The van der Waals surface area contributed by atoms with Gasteiger partial charge in [0.2, 0.25) is 0 Å². The third-order valence-electron chi connectivity index (χ3n) is 2.90. The zero-order chi connectivity index (χ0) is 18.0. The first-order valence-electron chi connectivity index (χ1n) is 6.37. The number of alkyl halides is 6. The molecule has 23 heavy (non-hydrogen) atoms. The molecule has 0 heterocycles. The normalized spacial score (nSPS) is 13.7. The summed E-state index contributed by atoms with van der Waals surface area (Å²) in [5.41, 5.74) is 5.33. The summed E-state index contributed by atoms with van der Waals surface area (Å²) in [5, 5.41) is 0. The van der Waals surface area contributed by atoms with E-state index in [-0.39, 0.29) is 6.61 Å². The van der Waals surface area contributed by atoms with Gasteiger partial charge in [-0.25, -0.2) is 0 Å². The summed E-state index contributed by atoms with van der Waals surface area (Å²) in [4.78, 5) is 11.4. The van der Waals surface area contributed by atoms with E-state index in [1.54, 1.807) is 0 Å². The number of rotatable bonds is 4. The topological polar surface area (TPSA) is 78.3 Å². The van der Waals surface area contributed by atoms with Gasteiger partial charge in [0.05, 0.1) is 23.4 Å². The van der Waals surface area contributed by atoms with Crippen LogP contribution in [0.5, 0.6) is 0 Å². The molecular formula is C13H14F6N2O2. The number of benzene rings is 1. The fourth-order valence-corrected chi connectivity index (χ4v) is 1.89. The number of nitrogens with two attached hydrogens (primary N) is 2. The van der Waals surface area contributed by atoms with Crippen molar-refractivity contribution in [3.8, 4) is 0 Å². The van der Waals surface area contributed by atoms with Gasteiger partial charge in [-0.2, -0.15) is 26.3 Å². The van der Waals surface area contributed by atoms with E-state index in [1.807, 2.05) is 0 Å². The number of carbonyl (C=O) groups is 1. The summed E-state index contributed by atoms with van der Waals surface area (Å²) >= 11 is 0. The lowest BCUT2D eigenvalue weighted by molar-refractivity contribution is -0.144. The van der Waals surface area contributed by atoms with Gasteiger partial charge in [0, 0.05) is 0 Å². The minimum absolute atomic E-state index is 0.0180. The summed E-state index contributed by atoms with van der Waals surface area (Å²) in [7, 11) is 0. The van der Waals surface area contributed by atoms with Crippen molar-refractivity contribution in [3.63, 3.8) is 0 Å². The molecule has 10 heteroatoms. The zero-order valence-electron chi connectivity index (χ0n) is 11.9. The Morgan fingerprint density at radius 3 is 1.91 bits per heavy atom. The Hall–Kier alpha value is -1.97. The van der Waals surface area contributed by atoms with Crippen LogP contribution in [0.1, 0.15) is 23.6 Å². The maximum atomic E-state index is 12.8. The van der Waals surface area contributed by atoms with E-state index < -0.39 is 53.2 Å². The van der Waals surface area contributed by atoms with Crippen molar-refractivity contribution < 1.29 is 35.9 Å². The Morgan fingerprint density at radius 2 is 1.57 bits per heavy atom. The molecule has 0 aliphatic heterocycles. The first-order valence-corrected chi connectivity index (χ1v) is 6.37. The summed E-state index contributed by atoms with van der Waals surface area (Å²) in [6.45, 7) is 1.47. The first-order chi connectivity index (χ1) is 10.4. The predicted molar refractivity (Wildman–Crippen MR) is 69.2 cm³/mol. The molecule has 0 aliphatic rings. The number of esters is 1. The van der Waals surface area contributed by atoms with Gasteiger partial charge in [0.15, 0.2) is 0 Å². The minimum atomic E-state index is -5.08. The lowest BCUT2D eigenvalue weighted by Crippen LogP contribution is -2.34. The molecule has 0 radical (unpaired) electrons. The average molecular weight is 344 g/mol. The monoisotopic (exact) mass is 344 g/mol. The SMILES string of the molecule is CCOC(=O)[C@H](N)Cc1cc(C(F)(F)F)c(N)c(C(F)(F)F)c1. The molecule has 0 aromatic heterocycles.